The van der Waals surface area contributed by atoms with Crippen LogP contribution in [0.5, 0.6) is 0 Å². The first-order chi connectivity index (χ1) is 9.63. The number of para-hydroxylation sites is 1. The van der Waals surface area contributed by atoms with Crippen molar-refractivity contribution in [1.29, 1.82) is 5.26 Å². The van der Waals surface area contributed by atoms with Gasteiger partial charge < -0.3 is 5.73 Å². The summed E-state index contributed by atoms with van der Waals surface area (Å²) in [7, 11) is 0. The van der Waals surface area contributed by atoms with Crippen molar-refractivity contribution in [2.24, 2.45) is 0 Å². The summed E-state index contributed by atoms with van der Waals surface area (Å²) in [6.07, 6.45) is 0. The van der Waals surface area contributed by atoms with Gasteiger partial charge in [-0.1, -0.05) is 24.3 Å². The SMILES string of the molecule is Cc1cccc(-n2c(N)nc3cccc(C)c32)c1C#N. The van der Waals surface area contributed by atoms with E-state index in [1.54, 1.807) is 0 Å². The third-order valence-electron chi connectivity index (χ3n) is 3.51. The number of hydrogen-bond acceptors (Lipinski definition) is 3. The molecule has 0 saturated heterocycles. The minimum absolute atomic E-state index is 0.399. The van der Waals surface area contributed by atoms with Crippen LogP contribution in [0.25, 0.3) is 16.7 Å². The highest BCUT2D eigenvalue weighted by Gasteiger charge is 2.15. The van der Waals surface area contributed by atoms with Gasteiger partial charge in [0.05, 0.1) is 22.3 Å². The lowest BCUT2D eigenvalue weighted by molar-refractivity contribution is 1.09. The van der Waals surface area contributed by atoms with Crippen LogP contribution in [-0.4, -0.2) is 9.55 Å². The molecule has 0 aliphatic carbocycles. The second-order valence-electron chi connectivity index (χ2n) is 4.83. The maximum Gasteiger partial charge on any atom is 0.205 e. The van der Waals surface area contributed by atoms with Crippen LogP contribution in [0.2, 0.25) is 0 Å². The fraction of sp³-hybridized carbons (Fsp3) is 0.125. The van der Waals surface area contributed by atoms with Crippen molar-refractivity contribution in [3.8, 4) is 11.8 Å². The Balaban J connectivity index is 2.45. The first-order valence-electron chi connectivity index (χ1n) is 6.37. The highest BCUT2D eigenvalue weighted by molar-refractivity contribution is 5.84. The molecule has 0 bridgehead atoms. The molecule has 1 heterocycles. The van der Waals surface area contributed by atoms with Crippen LogP contribution in [0.4, 0.5) is 5.95 Å². The van der Waals surface area contributed by atoms with E-state index in [1.165, 1.54) is 0 Å². The van der Waals surface area contributed by atoms with Crippen molar-refractivity contribution < 1.29 is 0 Å². The molecule has 1 aromatic heterocycles. The predicted molar refractivity (Wildman–Crippen MR) is 79.7 cm³/mol. The molecule has 4 heteroatoms. The summed E-state index contributed by atoms with van der Waals surface area (Å²) in [5.74, 6) is 0.399. The molecule has 0 aliphatic heterocycles. The molecule has 2 aromatic carbocycles. The predicted octanol–water partition coefficient (Wildman–Crippen LogP) is 3.10. The van der Waals surface area contributed by atoms with Crippen LogP contribution in [0.3, 0.4) is 0 Å². The number of imidazole rings is 1. The molecule has 3 aromatic rings. The maximum absolute atomic E-state index is 9.41. The van der Waals surface area contributed by atoms with Gasteiger partial charge in [-0.15, -0.1) is 0 Å². The van der Waals surface area contributed by atoms with E-state index in [9.17, 15) is 5.26 Å². The quantitative estimate of drug-likeness (QED) is 0.732. The largest absolute Gasteiger partial charge is 0.369 e. The number of nitrogen functional groups attached to an aromatic ring is 1. The van der Waals surface area contributed by atoms with E-state index >= 15 is 0 Å². The van der Waals surface area contributed by atoms with Gasteiger partial charge in [0.2, 0.25) is 5.95 Å². The second kappa shape index (κ2) is 4.39. The van der Waals surface area contributed by atoms with Gasteiger partial charge in [0.15, 0.2) is 0 Å². The molecule has 0 unspecified atom stereocenters. The summed E-state index contributed by atoms with van der Waals surface area (Å²) in [5, 5.41) is 9.41. The number of rotatable bonds is 1. The molecule has 0 atom stereocenters. The molecule has 0 saturated carbocycles. The lowest BCUT2D eigenvalue weighted by Crippen LogP contribution is -2.04. The molecular formula is C16H14N4. The van der Waals surface area contributed by atoms with Crippen molar-refractivity contribution in [3.63, 3.8) is 0 Å². The summed E-state index contributed by atoms with van der Waals surface area (Å²) in [6, 6.07) is 13.9. The van der Waals surface area contributed by atoms with Crippen molar-refractivity contribution in [1.82, 2.24) is 9.55 Å². The fourth-order valence-electron chi connectivity index (χ4n) is 2.54. The van der Waals surface area contributed by atoms with E-state index in [1.807, 2.05) is 54.8 Å². The van der Waals surface area contributed by atoms with E-state index in [0.717, 1.165) is 27.8 Å². The zero-order valence-electron chi connectivity index (χ0n) is 11.4. The van der Waals surface area contributed by atoms with Gasteiger partial charge in [0, 0.05) is 0 Å². The first kappa shape index (κ1) is 12.2. The number of nitrogens with two attached hydrogens (primary N) is 1. The van der Waals surface area contributed by atoms with Crippen LogP contribution in [0, 0.1) is 25.2 Å². The minimum atomic E-state index is 0.399. The molecule has 4 nitrogen and oxygen atoms in total. The van der Waals surface area contributed by atoms with E-state index in [4.69, 9.17) is 5.73 Å². The Hall–Kier alpha value is -2.80. The van der Waals surface area contributed by atoms with Gasteiger partial charge in [-0.05, 0) is 37.1 Å². The number of hydrogen-bond donors (Lipinski definition) is 1. The summed E-state index contributed by atoms with van der Waals surface area (Å²) >= 11 is 0. The summed E-state index contributed by atoms with van der Waals surface area (Å²) in [4.78, 5) is 4.39. The normalized spacial score (nSPS) is 10.7. The molecule has 2 N–H and O–H groups in total. The highest BCUT2D eigenvalue weighted by atomic mass is 15.2. The lowest BCUT2D eigenvalue weighted by atomic mass is 10.1. The van der Waals surface area contributed by atoms with Crippen molar-refractivity contribution in [3.05, 3.63) is 53.1 Å². The van der Waals surface area contributed by atoms with E-state index in [2.05, 4.69) is 11.1 Å². The van der Waals surface area contributed by atoms with Crippen LogP contribution in [0.1, 0.15) is 16.7 Å². The molecule has 20 heavy (non-hydrogen) atoms. The summed E-state index contributed by atoms with van der Waals surface area (Å²) in [5.41, 5.74) is 11.3. The second-order valence-corrected chi connectivity index (χ2v) is 4.83. The zero-order valence-corrected chi connectivity index (χ0v) is 11.4. The molecular weight excluding hydrogens is 248 g/mol. The van der Waals surface area contributed by atoms with Crippen molar-refractivity contribution >= 4 is 17.0 Å². The number of aryl methyl sites for hydroxylation is 2. The fourth-order valence-corrected chi connectivity index (χ4v) is 2.54. The summed E-state index contributed by atoms with van der Waals surface area (Å²) in [6.45, 7) is 3.94. The van der Waals surface area contributed by atoms with Crippen LogP contribution < -0.4 is 5.73 Å². The third-order valence-corrected chi connectivity index (χ3v) is 3.51. The van der Waals surface area contributed by atoms with Gasteiger partial charge >= 0.3 is 0 Å². The van der Waals surface area contributed by atoms with E-state index < -0.39 is 0 Å². The summed E-state index contributed by atoms with van der Waals surface area (Å²) < 4.78 is 1.86. The van der Waals surface area contributed by atoms with Gasteiger partial charge in [-0.25, -0.2) is 4.98 Å². The van der Waals surface area contributed by atoms with Crippen molar-refractivity contribution in [2.45, 2.75) is 13.8 Å². The van der Waals surface area contributed by atoms with Crippen LogP contribution in [-0.2, 0) is 0 Å². The van der Waals surface area contributed by atoms with E-state index in [0.29, 0.717) is 11.5 Å². The van der Waals surface area contributed by atoms with Gasteiger partial charge in [0.25, 0.3) is 0 Å². The average molecular weight is 262 g/mol. The van der Waals surface area contributed by atoms with Crippen LogP contribution in [0.15, 0.2) is 36.4 Å². The first-order valence-corrected chi connectivity index (χ1v) is 6.37. The van der Waals surface area contributed by atoms with Crippen molar-refractivity contribution in [2.75, 3.05) is 5.73 Å². The Morgan fingerprint density at radius 3 is 2.55 bits per heavy atom. The molecule has 0 aliphatic rings. The Morgan fingerprint density at radius 1 is 1.10 bits per heavy atom. The number of fused-ring (bicyclic) bond motifs is 1. The lowest BCUT2D eigenvalue weighted by Gasteiger charge is -2.11. The number of nitriles is 1. The monoisotopic (exact) mass is 262 g/mol. The molecule has 98 valence electrons. The third kappa shape index (κ3) is 1.64. The number of anilines is 1. The van der Waals surface area contributed by atoms with Gasteiger partial charge in [-0.3, -0.25) is 4.57 Å². The minimum Gasteiger partial charge on any atom is -0.369 e. The molecule has 0 amide bonds. The maximum atomic E-state index is 9.41. The number of nitrogens with zero attached hydrogens (tertiary/aromatic N) is 3. The zero-order chi connectivity index (χ0) is 14.3. The molecule has 0 radical (unpaired) electrons. The Bertz CT molecular complexity index is 853. The molecule has 3 rings (SSSR count). The van der Waals surface area contributed by atoms with Gasteiger partial charge in [-0.2, -0.15) is 5.26 Å². The standard InChI is InChI=1S/C16H14N4/c1-10-5-4-8-14(12(10)9-17)20-15-11(2)6-3-7-13(15)19-16(20)18/h3-8H,1-2H3,(H2,18,19). The Morgan fingerprint density at radius 2 is 1.80 bits per heavy atom. The number of benzene rings is 2. The smallest absolute Gasteiger partial charge is 0.205 e. The van der Waals surface area contributed by atoms with Crippen LogP contribution >= 0.6 is 0 Å². The average Bonchev–Trinajstić information content (AvgIpc) is 2.76. The Kier molecular flexibility index (Phi) is 2.69. The topological polar surface area (TPSA) is 67.6 Å². The molecule has 0 spiro atoms. The Labute approximate surface area is 117 Å². The number of aromatic nitrogens is 2. The molecule has 0 fully saturated rings. The highest BCUT2D eigenvalue weighted by Crippen LogP contribution is 2.28. The van der Waals surface area contributed by atoms with E-state index in [-0.39, 0.29) is 0 Å². The van der Waals surface area contributed by atoms with Gasteiger partial charge in [0.1, 0.15) is 6.07 Å².